The van der Waals surface area contributed by atoms with Crippen molar-refractivity contribution in [3.05, 3.63) is 47.2 Å². The van der Waals surface area contributed by atoms with E-state index in [1.807, 2.05) is 22.2 Å². The van der Waals surface area contributed by atoms with Crippen molar-refractivity contribution in [3.8, 4) is 5.75 Å². The molecule has 0 saturated carbocycles. The fourth-order valence-electron chi connectivity index (χ4n) is 1.84. The van der Waals surface area contributed by atoms with Crippen molar-refractivity contribution in [2.24, 2.45) is 0 Å². The van der Waals surface area contributed by atoms with Crippen LogP contribution in [0.1, 0.15) is 16.1 Å². The molecule has 0 bridgehead atoms. The predicted octanol–water partition coefficient (Wildman–Crippen LogP) is 2.26. The lowest BCUT2D eigenvalue weighted by molar-refractivity contribution is 0.0691. The molecule has 2 aromatic heterocycles. The van der Waals surface area contributed by atoms with Crippen LogP contribution in [-0.2, 0) is 6.61 Å². The Hall–Kier alpha value is -2.54. The number of benzene rings is 1. The predicted molar refractivity (Wildman–Crippen MR) is 75.2 cm³/mol. The summed E-state index contributed by atoms with van der Waals surface area (Å²) in [5, 5.41) is 11.1. The SMILES string of the molecule is Nc1ccc(OCc2cn3ccsc3n2)c(C(=O)O)c1. The lowest BCUT2D eigenvalue weighted by atomic mass is 10.2. The molecule has 2 heterocycles. The van der Waals surface area contributed by atoms with E-state index in [4.69, 9.17) is 15.6 Å². The normalized spacial score (nSPS) is 10.8. The maximum Gasteiger partial charge on any atom is 0.339 e. The van der Waals surface area contributed by atoms with Crippen LogP contribution in [0.4, 0.5) is 5.69 Å². The lowest BCUT2D eigenvalue weighted by Gasteiger charge is -2.08. The summed E-state index contributed by atoms with van der Waals surface area (Å²) < 4.78 is 7.42. The zero-order chi connectivity index (χ0) is 14.1. The van der Waals surface area contributed by atoms with Gasteiger partial charge in [-0.2, -0.15) is 0 Å². The van der Waals surface area contributed by atoms with E-state index in [0.29, 0.717) is 5.69 Å². The second kappa shape index (κ2) is 4.86. The van der Waals surface area contributed by atoms with Crippen molar-refractivity contribution >= 4 is 28.0 Å². The number of aromatic nitrogens is 2. The van der Waals surface area contributed by atoms with Gasteiger partial charge >= 0.3 is 5.97 Å². The number of fused-ring (bicyclic) bond motifs is 1. The van der Waals surface area contributed by atoms with E-state index >= 15 is 0 Å². The van der Waals surface area contributed by atoms with Crippen LogP contribution in [0.25, 0.3) is 4.96 Å². The number of thiazole rings is 1. The third-order valence-electron chi connectivity index (χ3n) is 2.75. The number of carboxylic acid groups (broad SMARTS) is 1. The number of carboxylic acids is 1. The van der Waals surface area contributed by atoms with E-state index in [9.17, 15) is 4.79 Å². The molecule has 3 aromatic rings. The van der Waals surface area contributed by atoms with Crippen LogP contribution in [0.15, 0.2) is 36.0 Å². The summed E-state index contributed by atoms with van der Waals surface area (Å²) in [4.78, 5) is 16.4. The second-order valence-corrected chi connectivity index (χ2v) is 5.05. The highest BCUT2D eigenvalue weighted by atomic mass is 32.1. The molecule has 6 nitrogen and oxygen atoms in total. The summed E-state index contributed by atoms with van der Waals surface area (Å²) in [5.41, 5.74) is 6.75. The zero-order valence-corrected chi connectivity index (χ0v) is 11.1. The Kier molecular flexibility index (Phi) is 3.03. The molecular weight excluding hydrogens is 278 g/mol. The number of carbonyl (C=O) groups is 1. The highest BCUT2D eigenvalue weighted by Gasteiger charge is 2.12. The molecule has 7 heteroatoms. The Labute approximate surface area is 118 Å². The highest BCUT2D eigenvalue weighted by molar-refractivity contribution is 7.15. The second-order valence-electron chi connectivity index (χ2n) is 4.17. The highest BCUT2D eigenvalue weighted by Crippen LogP contribution is 2.22. The van der Waals surface area contributed by atoms with Crippen LogP contribution in [0.5, 0.6) is 5.75 Å². The van der Waals surface area contributed by atoms with Crippen molar-refractivity contribution in [3.63, 3.8) is 0 Å². The first kappa shape index (κ1) is 12.5. The lowest BCUT2D eigenvalue weighted by Crippen LogP contribution is -2.04. The number of aromatic carboxylic acids is 1. The van der Waals surface area contributed by atoms with Crippen molar-refractivity contribution in [2.75, 3.05) is 5.73 Å². The van der Waals surface area contributed by atoms with Crippen LogP contribution in [0.3, 0.4) is 0 Å². The number of ether oxygens (including phenoxy) is 1. The summed E-state index contributed by atoms with van der Waals surface area (Å²) in [7, 11) is 0. The van der Waals surface area contributed by atoms with Gasteiger partial charge in [0.25, 0.3) is 0 Å². The summed E-state index contributed by atoms with van der Waals surface area (Å²) in [6.45, 7) is 0.207. The van der Waals surface area contributed by atoms with Gasteiger partial charge in [0.05, 0.1) is 5.69 Å². The van der Waals surface area contributed by atoms with Gasteiger partial charge < -0.3 is 15.6 Å². The first-order chi connectivity index (χ1) is 9.63. The molecule has 0 atom stereocenters. The number of nitrogen functional groups attached to an aromatic ring is 1. The Morgan fingerprint density at radius 2 is 2.35 bits per heavy atom. The maximum absolute atomic E-state index is 11.1. The molecule has 102 valence electrons. The van der Waals surface area contributed by atoms with Crippen LogP contribution in [0, 0.1) is 0 Å². The minimum atomic E-state index is -1.07. The molecule has 0 radical (unpaired) electrons. The summed E-state index contributed by atoms with van der Waals surface area (Å²) in [5.74, 6) is -0.791. The van der Waals surface area contributed by atoms with E-state index < -0.39 is 5.97 Å². The molecule has 20 heavy (non-hydrogen) atoms. The average Bonchev–Trinajstić information content (AvgIpc) is 2.97. The Morgan fingerprint density at radius 1 is 1.50 bits per heavy atom. The molecule has 0 aliphatic rings. The van der Waals surface area contributed by atoms with Crippen LogP contribution in [0.2, 0.25) is 0 Å². The molecule has 0 amide bonds. The van der Waals surface area contributed by atoms with E-state index in [1.165, 1.54) is 17.4 Å². The number of hydrogen-bond donors (Lipinski definition) is 2. The topological polar surface area (TPSA) is 89.9 Å². The number of imidazole rings is 1. The van der Waals surface area contributed by atoms with Gasteiger partial charge in [-0.1, -0.05) is 0 Å². The molecule has 0 aliphatic carbocycles. The Morgan fingerprint density at radius 3 is 3.10 bits per heavy atom. The van der Waals surface area contributed by atoms with Gasteiger partial charge in [-0.15, -0.1) is 11.3 Å². The Bertz CT molecular complexity index is 750. The van der Waals surface area contributed by atoms with Crippen molar-refractivity contribution in [1.82, 2.24) is 9.38 Å². The molecule has 3 N–H and O–H groups in total. The standard InChI is InChI=1S/C13H11N3O3S/c14-8-1-2-11(10(5-8)12(17)18)19-7-9-6-16-3-4-20-13(16)15-9/h1-6H,7,14H2,(H,17,18). The molecular formula is C13H11N3O3S. The van der Waals surface area contributed by atoms with Gasteiger partial charge in [-0.25, -0.2) is 9.78 Å². The molecule has 0 saturated heterocycles. The van der Waals surface area contributed by atoms with Crippen molar-refractivity contribution in [2.45, 2.75) is 6.61 Å². The average molecular weight is 289 g/mol. The van der Waals surface area contributed by atoms with E-state index in [2.05, 4.69) is 4.98 Å². The quantitative estimate of drug-likeness (QED) is 0.719. The van der Waals surface area contributed by atoms with Gasteiger partial charge in [-0.3, -0.25) is 4.40 Å². The molecule has 0 aliphatic heterocycles. The number of hydrogen-bond acceptors (Lipinski definition) is 5. The van der Waals surface area contributed by atoms with Gasteiger partial charge in [0.2, 0.25) is 0 Å². The summed E-state index contributed by atoms with van der Waals surface area (Å²) in [6.07, 6.45) is 3.76. The summed E-state index contributed by atoms with van der Waals surface area (Å²) >= 11 is 1.53. The minimum absolute atomic E-state index is 0.0472. The molecule has 0 fully saturated rings. The smallest absolute Gasteiger partial charge is 0.339 e. The van der Waals surface area contributed by atoms with Gasteiger partial charge in [-0.05, 0) is 18.2 Å². The molecule has 0 unspecified atom stereocenters. The molecule has 3 rings (SSSR count). The number of nitrogens with zero attached hydrogens (tertiary/aromatic N) is 2. The van der Waals surface area contributed by atoms with E-state index in [1.54, 1.807) is 12.1 Å². The third kappa shape index (κ3) is 2.30. The summed E-state index contributed by atoms with van der Waals surface area (Å²) in [6, 6.07) is 4.54. The van der Waals surface area contributed by atoms with Gasteiger partial charge in [0, 0.05) is 23.5 Å². The van der Waals surface area contributed by atoms with Crippen molar-refractivity contribution in [1.29, 1.82) is 0 Å². The molecule has 0 spiro atoms. The largest absolute Gasteiger partial charge is 0.486 e. The van der Waals surface area contributed by atoms with Crippen LogP contribution in [-0.4, -0.2) is 20.5 Å². The van der Waals surface area contributed by atoms with Gasteiger partial charge in [0.1, 0.15) is 17.9 Å². The van der Waals surface area contributed by atoms with Gasteiger partial charge in [0.15, 0.2) is 4.96 Å². The Balaban J connectivity index is 1.81. The van der Waals surface area contributed by atoms with Crippen molar-refractivity contribution < 1.29 is 14.6 Å². The fourth-order valence-corrected chi connectivity index (χ4v) is 2.56. The first-order valence-corrected chi connectivity index (χ1v) is 6.68. The number of nitrogens with two attached hydrogens (primary N) is 1. The fraction of sp³-hybridized carbons (Fsp3) is 0.0769. The first-order valence-electron chi connectivity index (χ1n) is 5.80. The van der Waals surface area contributed by atoms with E-state index in [0.717, 1.165) is 10.7 Å². The molecule has 1 aromatic carbocycles. The van der Waals surface area contributed by atoms with Crippen LogP contribution >= 0.6 is 11.3 Å². The third-order valence-corrected chi connectivity index (χ3v) is 3.52. The number of rotatable bonds is 4. The van der Waals surface area contributed by atoms with E-state index in [-0.39, 0.29) is 17.9 Å². The zero-order valence-electron chi connectivity index (χ0n) is 10.3. The van der Waals surface area contributed by atoms with Crippen LogP contribution < -0.4 is 10.5 Å². The minimum Gasteiger partial charge on any atom is -0.486 e. The maximum atomic E-state index is 11.1. The monoisotopic (exact) mass is 289 g/mol. The number of anilines is 1.